The number of hydrogen-bond acceptors (Lipinski definition) is 3. The van der Waals surface area contributed by atoms with Crippen molar-refractivity contribution < 1.29 is 4.79 Å². The van der Waals surface area contributed by atoms with Gasteiger partial charge in [0.25, 0.3) is 5.91 Å². The highest BCUT2D eigenvalue weighted by molar-refractivity contribution is 7.98. The number of aryl methyl sites for hydroxylation is 1. The van der Waals surface area contributed by atoms with E-state index >= 15 is 0 Å². The van der Waals surface area contributed by atoms with Crippen LogP contribution < -0.4 is 10.6 Å². The Morgan fingerprint density at radius 1 is 1.25 bits per heavy atom. The number of unbranched alkanes of at least 4 members (excludes halogenated alkanes) is 1. The van der Waals surface area contributed by atoms with Crippen molar-refractivity contribution in [3.63, 3.8) is 0 Å². The van der Waals surface area contributed by atoms with Crippen molar-refractivity contribution in [2.24, 2.45) is 0 Å². The number of nitrogens with one attached hydrogen (secondary N) is 2. The third-order valence-electron chi connectivity index (χ3n) is 3.05. The van der Waals surface area contributed by atoms with Gasteiger partial charge < -0.3 is 10.6 Å². The summed E-state index contributed by atoms with van der Waals surface area (Å²) in [6.45, 7) is 5.80. The fourth-order valence-corrected chi connectivity index (χ4v) is 2.42. The molecule has 0 aromatic heterocycles. The van der Waals surface area contributed by atoms with Gasteiger partial charge in [0.05, 0.1) is 5.56 Å². The Balaban J connectivity index is 2.57. The summed E-state index contributed by atoms with van der Waals surface area (Å²) in [6, 6.07) is 5.93. The summed E-state index contributed by atoms with van der Waals surface area (Å²) in [4.78, 5) is 12.2. The summed E-state index contributed by atoms with van der Waals surface area (Å²) in [5.74, 6) is 1.18. The molecule has 1 rings (SSSR count). The molecular weight excluding hydrogens is 268 g/mol. The van der Waals surface area contributed by atoms with Gasteiger partial charge in [0, 0.05) is 18.8 Å². The molecule has 0 radical (unpaired) electrons. The zero-order valence-electron chi connectivity index (χ0n) is 12.8. The van der Waals surface area contributed by atoms with Crippen LogP contribution in [0.5, 0.6) is 0 Å². The first-order chi connectivity index (χ1) is 9.69. The van der Waals surface area contributed by atoms with Gasteiger partial charge in [-0.1, -0.05) is 13.0 Å². The Morgan fingerprint density at radius 2 is 2.05 bits per heavy atom. The summed E-state index contributed by atoms with van der Waals surface area (Å²) in [5.41, 5.74) is 2.85. The molecule has 0 saturated carbocycles. The summed E-state index contributed by atoms with van der Waals surface area (Å²) in [7, 11) is 0. The van der Waals surface area contributed by atoms with Crippen LogP contribution in [-0.4, -0.2) is 31.0 Å². The molecule has 0 aliphatic carbocycles. The van der Waals surface area contributed by atoms with E-state index in [1.165, 1.54) is 5.56 Å². The molecule has 1 amide bonds. The van der Waals surface area contributed by atoms with Crippen molar-refractivity contribution >= 4 is 23.4 Å². The second kappa shape index (κ2) is 9.70. The minimum atomic E-state index is 0.0211. The Hall–Kier alpha value is -1.16. The maximum atomic E-state index is 12.2. The number of benzene rings is 1. The molecule has 4 heteroatoms. The molecule has 0 atom stereocenters. The van der Waals surface area contributed by atoms with Crippen LogP contribution in [0.4, 0.5) is 5.69 Å². The van der Waals surface area contributed by atoms with Gasteiger partial charge in [-0.3, -0.25) is 4.79 Å². The summed E-state index contributed by atoms with van der Waals surface area (Å²) in [6.07, 6.45) is 5.34. The highest BCUT2D eigenvalue weighted by Gasteiger charge is 2.10. The number of hydrogen-bond donors (Lipinski definition) is 2. The van der Waals surface area contributed by atoms with Crippen LogP contribution in [0, 0.1) is 6.92 Å². The quantitative estimate of drug-likeness (QED) is 0.682. The number of anilines is 1. The smallest absolute Gasteiger partial charge is 0.253 e. The van der Waals surface area contributed by atoms with Crippen LogP contribution in [0.25, 0.3) is 0 Å². The normalized spacial score (nSPS) is 10.3. The fourth-order valence-electron chi connectivity index (χ4n) is 1.93. The number of thioether (sulfide) groups is 1. The molecule has 112 valence electrons. The van der Waals surface area contributed by atoms with Gasteiger partial charge in [-0.15, -0.1) is 0 Å². The van der Waals surface area contributed by atoms with Crippen molar-refractivity contribution in [3.8, 4) is 0 Å². The zero-order chi connectivity index (χ0) is 14.8. The maximum absolute atomic E-state index is 12.2. The average Bonchev–Trinajstić information content (AvgIpc) is 2.44. The van der Waals surface area contributed by atoms with E-state index in [2.05, 4.69) is 23.8 Å². The topological polar surface area (TPSA) is 41.1 Å². The van der Waals surface area contributed by atoms with Gasteiger partial charge in [-0.2, -0.15) is 11.8 Å². The minimum Gasteiger partial charge on any atom is -0.384 e. The molecule has 0 spiro atoms. The van der Waals surface area contributed by atoms with Crippen LogP contribution >= 0.6 is 11.8 Å². The fraction of sp³-hybridized carbons (Fsp3) is 0.562. The molecule has 1 aromatic rings. The zero-order valence-corrected chi connectivity index (χ0v) is 13.6. The standard InChI is InChI=1S/C16H26N2OS/c1-4-9-17-15-12-13(2)7-8-14(15)16(19)18-10-5-6-11-20-3/h7-8,12,17H,4-6,9-11H2,1-3H3,(H,18,19). The Bertz CT molecular complexity index is 421. The van der Waals surface area contributed by atoms with Crippen molar-refractivity contribution in [2.45, 2.75) is 33.1 Å². The lowest BCUT2D eigenvalue weighted by molar-refractivity contribution is 0.0954. The average molecular weight is 294 g/mol. The molecule has 2 N–H and O–H groups in total. The number of amides is 1. The van der Waals surface area contributed by atoms with Gasteiger partial charge >= 0.3 is 0 Å². The predicted molar refractivity (Wildman–Crippen MR) is 89.9 cm³/mol. The molecule has 0 aliphatic rings. The molecule has 0 saturated heterocycles. The molecule has 1 aromatic carbocycles. The molecule has 20 heavy (non-hydrogen) atoms. The number of carbonyl (C=O) groups is 1. The van der Waals surface area contributed by atoms with E-state index in [9.17, 15) is 4.79 Å². The van der Waals surface area contributed by atoms with Crippen LogP contribution in [0.1, 0.15) is 42.1 Å². The van der Waals surface area contributed by atoms with Crippen molar-refractivity contribution in [1.29, 1.82) is 0 Å². The van der Waals surface area contributed by atoms with Gasteiger partial charge in [0.2, 0.25) is 0 Å². The van der Waals surface area contributed by atoms with E-state index in [-0.39, 0.29) is 5.91 Å². The third kappa shape index (κ3) is 5.87. The molecule has 0 aliphatic heterocycles. The lowest BCUT2D eigenvalue weighted by Crippen LogP contribution is -2.25. The number of rotatable bonds is 9. The molecule has 0 fully saturated rings. The number of carbonyl (C=O) groups excluding carboxylic acids is 1. The van der Waals surface area contributed by atoms with Crippen LogP contribution in [0.15, 0.2) is 18.2 Å². The first kappa shape index (κ1) is 16.9. The Morgan fingerprint density at radius 3 is 2.75 bits per heavy atom. The Kier molecular flexibility index (Phi) is 8.19. The van der Waals surface area contributed by atoms with E-state index in [0.29, 0.717) is 0 Å². The van der Waals surface area contributed by atoms with E-state index in [4.69, 9.17) is 0 Å². The van der Waals surface area contributed by atoms with E-state index in [0.717, 1.165) is 49.4 Å². The lowest BCUT2D eigenvalue weighted by Gasteiger charge is -2.12. The molecule has 0 bridgehead atoms. The van der Waals surface area contributed by atoms with Crippen LogP contribution in [0.2, 0.25) is 0 Å². The molecule has 0 unspecified atom stereocenters. The van der Waals surface area contributed by atoms with Gasteiger partial charge in [-0.05, 0) is 55.9 Å². The summed E-state index contributed by atoms with van der Waals surface area (Å²) in [5, 5.41) is 6.34. The predicted octanol–water partition coefficient (Wildman–Crippen LogP) is 3.69. The van der Waals surface area contributed by atoms with E-state index in [1.54, 1.807) is 0 Å². The van der Waals surface area contributed by atoms with Crippen molar-refractivity contribution in [3.05, 3.63) is 29.3 Å². The second-order valence-electron chi connectivity index (χ2n) is 4.93. The van der Waals surface area contributed by atoms with E-state index < -0.39 is 0 Å². The first-order valence-corrected chi connectivity index (χ1v) is 8.70. The van der Waals surface area contributed by atoms with Crippen molar-refractivity contribution in [2.75, 3.05) is 30.4 Å². The maximum Gasteiger partial charge on any atom is 0.253 e. The Labute approximate surface area is 126 Å². The second-order valence-corrected chi connectivity index (χ2v) is 5.92. The third-order valence-corrected chi connectivity index (χ3v) is 3.74. The van der Waals surface area contributed by atoms with E-state index in [1.807, 2.05) is 36.9 Å². The summed E-state index contributed by atoms with van der Waals surface area (Å²) >= 11 is 1.85. The van der Waals surface area contributed by atoms with Gasteiger partial charge in [0.15, 0.2) is 0 Å². The minimum absolute atomic E-state index is 0.0211. The highest BCUT2D eigenvalue weighted by atomic mass is 32.2. The molecule has 0 heterocycles. The van der Waals surface area contributed by atoms with Crippen molar-refractivity contribution in [1.82, 2.24) is 5.32 Å². The largest absolute Gasteiger partial charge is 0.384 e. The van der Waals surface area contributed by atoms with Gasteiger partial charge in [-0.25, -0.2) is 0 Å². The molecular formula is C16H26N2OS. The van der Waals surface area contributed by atoms with Crippen LogP contribution in [0.3, 0.4) is 0 Å². The summed E-state index contributed by atoms with van der Waals surface area (Å²) < 4.78 is 0. The van der Waals surface area contributed by atoms with Gasteiger partial charge in [0.1, 0.15) is 0 Å². The SMILES string of the molecule is CCCNc1cc(C)ccc1C(=O)NCCCCSC. The van der Waals surface area contributed by atoms with Crippen LogP contribution in [-0.2, 0) is 0 Å². The lowest BCUT2D eigenvalue weighted by atomic mass is 10.1. The molecule has 3 nitrogen and oxygen atoms in total. The first-order valence-electron chi connectivity index (χ1n) is 7.30. The monoisotopic (exact) mass is 294 g/mol. The highest BCUT2D eigenvalue weighted by Crippen LogP contribution is 2.17.